The fourth-order valence-electron chi connectivity index (χ4n) is 1.30. The molecule has 0 amide bonds. The number of hydrogen-bond donors (Lipinski definition) is 1. The van der Waals surface area contributed by atoms with Gasteiger partial charge in [-0.1, -0.05) is 11.3 Å². The van der Waals surface area contributed by atoms with E-state index in [1.807, 2.05) is 0 Å². The molecule has 78 valence electrons. The van der Waals surface area contributed by atoms with Crippen LogP contribution in [0.25, 0.3) is 5.69 Å². The van der Waals surface area contributed by atoms with E-state index >= 15 is 0 Å². The van der Waals surface area contributed by atoms with E-state index in [1.54, 1.807) is 26.0 Å². The van der Waals surface area contributed by atoms with Crippen molar-refractivity contribution < 1.29 is 4.39 Å². The van der Waals surface area contributed by atoms with Crippen LogP contribution in [0.15, 0.2) is 18.2 Å². The molecular formula is C10H11FN4. The van der Waals surface area contributed by atoms with Gasteiger partial charge in [-0.2, -0.15) is 0 Å². The first-order valence-electron chi connectivity index (χ1n) is 4.54. The first-order valence-corrected chi connectivity index (χ1v) is 4.54. The van der Waals surface area contributed by atoms with Crippen LogP contribution in [-0.4, -0.2) is 15.0 Å². The van der Waals surface area contributed by atoms with Gasteiger partial charge in [0.05, 0.1) is 11.4 Å². The molecular weight excluding hydrogens is 195 g/mol. The summed E-state index contributed by atoms with van der Waals surface area (Å²) in [5.41, 5.74) is 7.49. The van der Waals surface area contributed by atoms with E-state index in [2.05, 4.69) is 10.3 Å². The van der Waals surface area contributed by atoms with E-state index < -0.39 is 0 Å². The summed E-state index contributed by atoms with van der Waals surface area (Å²) in [6.07, 6.45) is 0. The summed E-state index contributed by atoms with van der Waals surface area (Å²) in [5.74, 6) is 0.0944. The first-order chi connectivity index (χ1) is 7.09. The summed E-state index contributed by atoms with van der Waals surface area (Å²) in [4.78, 5) is 0. The van der Waals surface area contributed by atoms with Crippen molar-refractivity contribution in [3.63, 3.8) is 0 Å². The van der Waals surface area contributed by atoms with E-state index in [0.29, 0.717) is 22.8 Å². The van der Waals surface area contributed by atoms with Gasteiger partial charge in [-0.25, -0.2) is 9.07 Å². The highest BCUT2D eigenvalue weighted by molar-refractivity contribution is 5.41. The van der Waals surface area contributed by atoms with Crippen LogP contribution in [0.3, 0.4) is 0 Å². The van der Waals surface area contributed by atoms with E-state index in [9.17, 15) is 4.39 Å². The molecule has 1 aromatic carbocycles. The zero-order valence-electron chi connectivity index (χ0n) is 8.53. The minimum atomic E-state index is -0.263. The Hall–Kier alpha value is -1.91. The molecule has 0 spiro atoms. The van der Waals surface area contributed by atoms with Gasteiger partial charge in [-0.05, 0) is 31.5 Å². The lowest BCUT2D eigenvalue weighted by Gasteiger charge is -2.04. The maximum Gasteiger partial charge on any atom is 0.169 e. The van der Waals surface area contributed by atoms with Crippen molar-refractivity contribution >= 4 is 5.82 Å². The molecule has 0 aliphatic rings. The first kappa shape index (κ1) is 9.64. The van der Waals surface area contributed by atoms with Gasteiger partial charge < -0.3 is 5.73 Å². The number of aryl methyl sites for hydroxylation is 1. The predicted molar refractivity (Wildman–Crippen MR) is 55.2 cm³/mol. The Morgan fingerprint density at radius 2 is 2.07 bits per heavy atom. The smallest absolute Gasteiger partial charge is 0.169 e. The van der Waals surface area contributed by atoms with Gasteiger partial charge in [-0.3, -0.25) is 0 Å². The molecule has 1 heterocycles. The summed E-state index contributed by atoms with van der Waals surface area (Å²) < 4.78 is 14.8. The van der Waals surface area contributed by atoms with Crippen molar-refractivity contribution in [2.45, 2.75) is 13.8 Å². The fraction of sp³-hybridized carbons (Fsp3) is 0.200. The normalized spacial score (nSPS) is 10.6. The molecule has 0 bridgehead atoms. The molecule has 0 radical (unpaired) electrons. The molecule has 5 heteroatoms. The quantitative estimate of drug-likeness (QED) is 0.771. The lowest BCUT2D eigenvalue weighted by molar-refractivity contribution is 0.615. The largest absolute Gasteiger partial charge is 0.381 e. The second kappa shape index (κ2) is 3.34. The van der Waals surface area contributed by atoms with Crippen LogP contribution in [0.1, 0.15) is 11.3 Å². The SMILES string of the molecule is Cc1ccc(-n2nnc(N)c2C)cc1F. The Balaban J connectivity index is 2.55. The number of rotatable bonds is 1. The summed E-state index contributed by atoms with van der Waals surface area (Å²) in [5, 5.41) is 7.54. The van der Waals surface area contributed by atoms with Crippen LogP contribution >= 0.6 is 0 Å². The Morgan fingerprint density at radius 1 is 1.33 bits per heavy atom. The number of halogens is 1. The third-order valence-corrected chi connectivity index (χ3v) is 2.33. The highest BCUT2D eigenvalue weighted by Gasteiger charge is 2.08. The van der Waals surface area contributed by atoms with Crippen molar-refractivity contribution in [1.29, 1.82) is 0 Å². The van der Waals surface area contributed by atoms with Crippen LogP contribution in [0, 0.1) is 19.7 Å². The number of benzene rings is 1. The molecule has 1 aromatic heterocycles. The minimum Gasteiger partial charge on any atom is -0.381 e. The van der Waals surface area contributed by atoms with Crippen molar-refractivity contribution in [2.24, 2.45) is 0 Å². The van der Waals surface area contributed by atoms with Gasteiger partial charge in [0.1, 0.15) is 5.82 Å². The van der Waals surface area contributed by atoms with Gasteiger partial charge in [0.15, 0.2) is 5.82 Å². The molecule has 0 atom stereocenters. The Bertz CT molecular complexity index is 504. The molecule has 0 unspecified atom stereocenters. The van der Waals surface area contributed by atoms with Crippen LogP contribution < -0.4 is 5.73 Å². The Labute approximate surface area is 86.5 Å². The van der Waals surface area contributed by atoms with Crippen LogP contribution in [0.5, 0.6) is 0 Å². The second-order valence-corrected chi connectivity index (χ2v) is 3.41. The lowest BCUT2D eigenvalue weighted by atomic mass is 10.2. The maximum absolute atomic E-state index is 13.3. The van der Waals surface area contributed by atoms with Crippen LogP contribution in [-0.2, 0) is 0 Å². The lowest BCUT2D eigenvalue weighted by Crippen LogP contribution is -2.00. The number of nitrogen functional groups attached to an aromatic ring is 1. The topological polar surface area (TPSA) is 56.7 Å². The molecule has 4 nitrogen and oxygen atoms in total. The number of nitrogens with two attached hydrogens (primary N) is 1. The standard InChI is InChI=1S/C10H11FN4/c1-6-3-4-8(5-9(6)11)15-7(2)10(12)13-14-15/h3-5H,12H2,1-2H3. The monoisotopic (exact) mass is 206 g/mol. The summed E-state index contributed by atoms with van der Waals surface area (Å²) in [6.45, 7) is 3.49. The van der Waals surface area contributed by atoms with Crippen molar-refractivity contribution in [2.75, 3.05) is 5.73 Å². The number of hydrogen-bond acceptors (Lipinski definition) is 3. The molecule has 15 heavy (non-hydrogen) atoms. The minimum absolute atomic E-state index is 0.263. The van der Waals surface area contributed by atoms with Gasteiger partial charge in [-0.15, -0.1) is 5.10 Å². The summed E-state index contributed by atoms with van der Waals surface area (Å²) in [6, 6.07) is 4.89. The zero-order valence-corrected chi connectivity index (χ0v) is 8.53. The Morgan fingerprint density at radius 3 is 2.60 bits per heavy atom. The van der Waals surface area contributed by atoms with E-state index in [0.717, 1.165) is 0 Å². The van der Waals surface area contributed by atoms with Crippen LogP contribution in [0.4, 0.5) is 10.2 Å². The van der Waals surface area contributed by atoms with Crippen molar-refractivity contribution in [1.82, 2.24) is 15.0 Å². The summed E-state index contributed by atoms with van der Waals surface area (Å²) in [7, 11) is 0. The van der Waals surface area contributed by atoms with Gasteiger partial charge in [0, 0.05) is 0 Å². The van der Waals surface area contributed by atoms with Crippen molar-refractivity contribution in [3.8, 4) is 5.69 Å². The molecule has 0 aliphatic heterocycles. The fourth-order valence-corrected chi connectivity index (χ4v) is 1.30. The second-order valence-electron chi connectivity index (χ2n) is 3.41. The molecule has 2 N–H and O–H groups in total. The molecule has 2 aromatic rings. The van der Waals surface area contributed by atoms with Crippen molar-refractivity contribution in [3.05, 3.63) is 35.3 Å². The van der Waals surface area contributed by atoms with Gasteiger partial charge in [0.25, 0.3) is 0 Å². The van der Waals surface area contributed by atoms with E-state index in [-0.39, 0.29) is 5.82 Å². The Kier molecular flexibility index (Phi) is 2.15. The highest BCUT2D eigenvalue weighted by Crippen LogP contribution is 2.16. The third kappa shape index (κ3) is 1.56. The highest BCUT2D eigenvalue weighted by atomic mass is 19.1. The predicted octanol–water partition coefficient (Wildman–Crippen LogP) is 1.61. The van der Waals surface area contributed by atoms with E-state index in [4.69, 9.17) is 5.73 Å². The molecule has 0 fully saturated rings. The van der Waals surface area contributed by atoms with Gasteiger partial charge >= 0.3 is 0 Å². The van der Waals surface area contributed by atoms with Crippen LogP contribution in [0.2, 0.25) is 0 Å². The maximum atomic E-state index is 13.3. The van der Waals surface area contributed by atoms with Gasteiger partial charge in [0.2, 0.25) is 0 Å². The molecule has 0 saturated heterocycles. The number of anilines is 1. The zero-order chi connectivity index (χ0) is 11.0. The molecule has 0 aliphatic carbocycles. The average Bonchev–Trinajstić information content (AvgIpc) is 2.53. The number of nitrogens with zero attached hydrogens (tertiary/aromatic N) is 3. The third-order valence-electron chi connectivity index (χ3n) is 2.33. The average molecular weight is 206 g/mol. The van der Waals surface area contributed by atoms with E-state index in [1.165, 1.54) is 10.7 Å². The summed E-state index contributed by atoms with van der Waals surface area (Å²) >= 11 is 0. The molecule has 0 saturated carbocycles. The molecule has 2 rings (SSSR count). The number of aromatic nitrogens is 3.